The monoisotopic (exact) mass is 241 g/mol. The van der Waals surface area contributed by atoms with E-state index in [-0.39, 0.29) is 0 Å². The number of nitrogens with zero attached hydrogens (tertiary/aromatic N) is 2. The lowest BCUT2D eigenvalue weighted by atomic mass is 10.3. The van der Waals surface area contributed by atoms with Crippen LogP contribution >= 0.6 is 15.9 Å². The summed E-state index contributed by atoms with van der Waals surface area (Å²) in [4.78, 5) is 3.71. The average molecular weight is 242 g/mol. The van der Waals surface area contributed by atoms with E-state index in [1.165, 1.54) is 6.07 Å². The van der Waals surface area contributed by atoms with Crippen molar-refractivity contribution < 1.29 is 4.39 Å². The molecular formula is C8H5BrFN3. The van der Waals surface area contributed by atoms with Crippen molar-refractivity contribution in [3.05, 3.63) is 34.8 Å². The summed E-state index contributed by atoms with van der Waals surface area (Å²) < 4.78 is 13.5. The van der Waals surface area contributed by atoms with Gasteiger partial charge in [-0.25, -0.2) is 4.98 Å². The summed E-state index contributed by atoms with van der Waals surface area (Å²) in [7, 11) is 0. The van der Waals surface area contributed by atoms with Crippen molar-refractivity contribution in [3.8, 4) is 11.4 Å². The van der Waals surface area contributed by atoms with Crippen LogP contribution in [0.5, 0.6) is 0 Å². The molecule has 0 fully saturated rings. The number of rotatable bonds is 1. The Labute approximate surface area is 82.1 Å². The lowest BCUT2D eigenvalue weighted by molar-refractivity contribution is 0.585. The minimum Gasteiger partial charge on any atom is -0.275 e. The fraction of sp³-hybridized carbons (Fsp3) is 0. The molecule has 5 heteroatoms. The first-order chi connectivity index (χ1) is 6.27. The molecule has 2 heterocycles. The Morgan fingerprint density at radius 2 is 2.23 bits per heavy atom. The minimum absolute atomic E-state index is 0.501. The van der Waals surface area contributed by atoms with Crippen molar-refractivity contribution in [1.82, 2.24) is 15.2 Å². The molecule has 0 aliphatic carbocycles. The molecule has 2 aromatic rings. The van der Waals surface area contributed by atoms with Gasteiger partial charge in [-0.3, -0.25) is 5.10 Å². The maximum absolute atomic E-state index is 12.7. The summed E-state index contributed by atoms with van der Waals surface area (Å²) >= 11 is 3.27. The van der Waals surface area contributed by atoms with Gasteiger partial charge in [0.2, 0.25) is 5.95 Å². The number of nitrogens with one attached hydrogen (secondary N) is 1. The third-order valence-electron chi connectivity index (χ3n) is 1.56. The van der Waals surface area contributed by atoms with Gasteiger partial charge in [0.1, 0.15) is 0 Å². The number of hydrogen-bond acceptors (Lipinski definition) is 2. The molecule has 0 unspecified atom stereocenters. The van der Waals surface area contributed by atoms with Crippen molar-refractivity contribution in [2.45, 2.75) is 0 Å². The van der Waals surface area contributed by atoms with Gasteiger partial charge in [-0.1, -0.05) is 6.07 Å². The molecule has 2 aromatic heterocycles. The standard InChI is InChI=1S/C8H5BrFN3/c9-5-4-11-13-8(5)6-2-1-3-7(10)12-6/h1-4H,(H,11,13). The van der Waals surface area contributed by atoms with Crippen LogP contribution in [0.1, 0.15) is 0 Å². The van der Waals surface area contributed by atoms with Crippen LogP contribution < -0.4 is 0 Å². The van der Waals surface area contributed by atoms with E-state index in [4.69, 9.17) is 0 Å². The van der Waals surface area contributed by atoms with Crippen molar-refractivity contribution in [3.63, 3.8) is 0 Å². The largest absolute Gasteiger partial charge is 0.275 e. The van der Waals surface area contributed by atoms with Gasteiger partial charge in [0.05, 0.1) is 22.1 Å². The highest BCUT2D eigenvalue weighted by Crippen LogP contribution is 2.23. The normalized spacial score (nSPS) is 10.3. The van der Waals surface area contributed by atoms with Crippen LogP contribution in [0, 0.1) is 5.95 Å². The molecule has 3 nitrogen and oxygen atoms in total. The second-order valence-corrected chi connectivity index (χ2v) is 3.29. The van der Waals surface area contributed by atoms with Crippen molar-refractivity contribution >= 4 is 15.9 Å². The van der Waals surface area contributed by atoms with Gasteiger partial charge in [0, 0.05) is 0 Å². The van der Waals surface area contributed by atoms with Gasteiger partial charge in [0.25, 0.3) is 0 Å². The maximum Gasteiger partial charge on any atom is 0.213 e. The number of aromatic nitrogens is 3. The molecule has 0 saturated heterocycles. The van der Waals surface area contributed by atoms with Crippen LogP contribution in [-0.4, -0.2) is 15.2 Å². The Kier molecular flexibility index (Phi) is 2.10. The zero-order valence-corrected chi connectivity index (χ0v) is 8.05. The predicted molar refractivity (Wildman–Crippen MR) is 49.5 cm³/mol. The Morgan fingerprint density at radius 1 is 1.38 bits per heavy atom. The minimum atomic E-state index is -0.501. The smallest absolute Gasteiger partial charge is 0.213 e. The first-order valence-corrected chi connectivity index (χ1v) is 4.38. The Bertz CT molecular complexity index is 427. The quantitative estimate of drug-likeness (QED) is 0.780. The van der Waals surface area contributed by atoms with E-state index >= 15 is 0 Å². The van der Waals surface area contributed by atoms with E-state index in [1.54, 1.807) is 18.3 Å². The first kappa shape index (κ1) is 8.37. The molecule has 0 saturated carbocycles. The van der Waals surface area contributed by atoms with Crippen LogP contribution in [0.3, 0.4) is 0 Å². The zero-order valence-electron chi connectivity index (χ0n) is 6.46. The predicted octanol–water partition coefficient (Wildman–Crippen LogP) is 2.37. The van der Waals surface area contributed by atoms with Gasteiger partial charge in [-0.15, -0.1) is 0 Å². The number of pyridine rings is 1. The molecule has 1 N–H and O–H groups in total. The van der Waals surface area contributed by atoms with Crippen LogP contribution in [-0.2, 0) is 0 Å². The third kappa shape index (κ3) is 1.60. The molecule has 2 rings (SSSR count). The summed E-state index contributed by atoms with van der Waals surface area (Å²) in [6, 6.07) is 4.61. The number of halogens is 2. The lowest BCUT2D eigenvalue weighted by Gasteiger charge is -1.96. The van der Waals surface area contributed by atoms with Gasteiger partial charge in [-0.05, 0) is 28.1 Å². The summed E-state index contributed by atoms with van der Waals surface area (Å²) in [5.74, 6) is -0.501. The zero-order chi connectivity index (χ0) is 9.26. The van der Waals surface area contributed by atoms with Gasteiger partial charge in [-0.2, -0.15) is 9.49 Å². The van der Waals surface area contributed by atoms with Gasteiger partial charge >= 0.3 is 0 Å². The topological polar surface area (TPSA) is 41.6 Å². The van der Waals surface area contributed by atoms with Crippen LogP contribution in [0.25, 0.3) is 11.4 Å². The molecular weight excluding hydrogens is 237 g/mol. The van der Waals surface area contributed by atoms with Crippen molar-refractivity contribution in [1.29, 1.82) is 0 Å². The van der Waals surface area contributed by atoms with E-state index in [9.17, 15) is 4.39 Å². The molecule has 0 atom stereocenters. The lowest BCUT2D eigenvalue weighted by Crippen LogP contribution is -1.87. The van der Waals surface area contributed by atoms with E-state index in [0.717, 1.165) is 4.47 Å². The fourth-order valence-corrected chi connectivity index (χ4v) is 1.39. The molecule has 0 aliphatic heterocycles. The summed E-state index contributed by atoms with van der Waals surface area (Å²) in [5.41, 5.74) is 1.21. The third-order valence-corrected chi connectivity index (χ3v) is 2.17. The van der Waals surface area contributed by atoms with E-state index in [1.807, 2.05) is 0 Å². The van der Waals surface area contributed by atoms with Crippen molar-refractivity contribution in [2.24, 2.45) is 0 Å². The van der Waals surface area contributed by atoms with E-state index < -0.39 is 5.95 Å². The maximum atomic E-state index is 12.7. The molecule has 0 spiro atoms. The molecule has 0 aliphatic rings. The average Bonchev–Trinajstić information content (AvgIpc) is 2.51. The van der Waals surface area contributed by atoms with E-state index in [0.29, 0.717) is 11.4 Å². The Balaban J connectivity index is 2.53. The molecule has 0 bridgehead atoms. The number of H-pyrrole nitrogens is 1. The number of hydrogen-bond donors (Lipinski definition) is 1. The highest BCUT2D eigenvalue weighted by Gasteiger charge is 2.06. The SMILES string of the molecule is Fc1cccc(-c2[nH]ncc2Br)n1. The Morgan fingerprint density at radius 3 is 2.85 bits per heavy atom. The molecule has 0 aromatic carbocycles. The highest BCUT2D eigenvalue weighted by molar-refractivity contribution is 9.10. The Hall–Kier alpha value is -1.23. The van der Waals surface area contributed by atoms with E-state index in [2.05, 4.69) is 31.1 Å². The second-order valence-electron chi connectivity index (χ2n) is 2.44. The summed E-state index contributed by atoms with van der Waals surface area (Å²) in [6.07, 6.45) is 1.60. The van der Waals surface area contributed by atoms with Crippen LogP contribution in [0.4, 0.5) is 4.39 Å². The van der Waals surface area contributed by atoms with Crippen LogP contribution in [0.2, 0.25) is 0 Å². The summed E-state index contributed by atoms with van der Waals surface area (Å²) in [6.45, 7) is 0. The fourth-order valence-electron chi connectivity index (χ4n) is 0.999. The molecule has 0 radical (unpaired) electrons. The van der Waals surface area contributed by atoms with Gasteiger partial charge in [0.15, 0.2) is 0 Å². The molecule has 13 heavy (non-hydrogen) atoms. The van der Waals surface area contributed by atoms with Crippen molar-refractivity contribution in [2.75, 3.05) is 0 Å². The highest BCUT2D eigenvalue weighted by atomic mass is 79.9. The van der Waals surface area contributed by atoms with Gasteiger partial charge < -0.3 is 0 Å². The molecule has 0 amide bonds. The molecule has 66 valence electrons. The van der Waals surface area contributed by atoms with Crippen LogP contribution in [0.15, 0.2) is 28.9 Å². The summed E-state index contributed by atoms with van der Waals surface area (Å²) in [5, 5.41) is 6.52. The second kappa shape index (κ2) is 3.26. The first-order valence-electron chi connectivity index (χ1n) is 3.59. The number of aromatic amines is 1.